The molecule has 1 aliphatic heterocycles. The first-order chi connectivity index (χ1) is 2.00. The predicted octanol–water partition coefficient (Wildman–Crippen LogP) is 1.01. The maximum absolute atomic E-state index is 2.40. The first kappa shape index (κ1) is 2.89. The summed E-state index contributed by atoms with van der Waals surface area (Å²) in [4.78, 5) is 0. The molecule has 1 rings (SSSR count). The van der Waals surface area contributed by atoms with Crippen molar-refractivity contribution >= 4 is 0 Å². The van der Waals surface area contributed by atoms with E-state index in [1.165, 1.54) is 0 Å². The first-order valence-corrected chi connectivity index (χ1v) is 8.71. The van der Waals surface area contributed by atoms with Gasteiger partial charge < -0.3 is 0 Å². The molecule has 1 aliphatic rings. The van der Waals surface area contributed by atoms with Gasteiger partial charge in [-0.1, -0.05) is 0 Å². The van der Waals surface area contributed by atoms with Crippen molar-refractivity contribution in [3.8, 4) is 0 Å². The van der Waals surface area contributed by atoms with Crippen LogP contribution in [0.5, 0.6) is 0 Å². The Morgan fingerprint density at radius 2 is 2.00 bits per heavy atom. The van der Waals surface area contributed by atoms with Gasteiger partial charge in [0.2, 0.25) is 0 Å². The fourth-order valence-corrected chi connectivity index (χ4v) is 1.46. The van der Waals surface area contributed by atoms with Gasteiger partial charge in [0.1, 0.15) is 0 Å². The second-order valence-corrected chi connectivity index (χ2v) is 7.37. The fraction of sp³-hybridized carbons (Fsp3) is 0.333. The van der Waals surface area contributed by atoms with Crippen molar-refractivity contribution < 1.29 is 24.6 Å². The molecule has 1 heterocycles. The molecular formula is C3H4Hg. The molecule has 0 aliphatic carbocycles. The second kappa shape index (κ2) is 1.20. The van der Waals surface area contributed by atoms with E-state index in [0.29, 0.717) is 0 Å². The summed E-state index contributed by atoms with van der Waals surface area (Å²) in [5.41, 5.74) is 0. The van der Waals surface area contributed by atoms with Gasteiger partial charge in [-0.3, -0.25) is 0 Å². The Kier molecular flexibility index (Phi) is 0.869. The number of rotatable bonds is 0. The summed E-state index contributed by atoms with van der Waals surface area (Å²) in [6.07, 6.45) is 2.28. The summed E-state index contributed by atoms with van der Waals surface area (Å²) >= 11 is -0.113. The van der Waals surface area contributed by atoms with Crippen molar-refractivity contribution in [3.05, 3.63) is 9.66 Å². The quantitative estimate of drug-likeness (QED) is 0.555. The zero-order valence-electron chi connectivity index (χ0n) is 2.57. The maximum atomic E-state index is 2.40. The third kappa shape index (κ3) is 0.343. The van der Waals surface area contributed by atoms with Crippen LogP contribution in [-0.2, 0) is 24.6 Å². The molecule has 0 fully saturated rings. The Hall–Kier alpha value is 0.675. The average Bonchev–Trinajstić information content (AvgIpc) is 0.722. The van der Waals surface area contributed by atoms with Gasteiger partial charge in [0, 0.05) is 0 Å². The molecule has 0 radical (unpaired) electrons. The summed E-state index contributed by atoms with van der Waals surface area (Å²) in [7, 11) is 0. The molecule has 0 saturated heterocycles. The van der Waals surface area contributed by atoms with Gasteiger partial charge in [-0.25, -0.2) is 0 Å². The van der Waals surface area contributed by atoms with Crippen molar-refractivity contribution in [1.29, 1.82) is 0 Å². The first-order valence-electron chi connectivity index (χ1n) is 1.65. The van der Waals surface area contributed by atoms with Crippen LogP contribution in [0.4, 0.5) is 0 Å². The Bertz CT molecular complexity index is 32.5. The van der Waals surface area contributed by atoms with Crippen LogP contribution in [0.25, 0.3) is 0 Å². The van der Waals surface area contributed by atoms with Crippen molar-refractivity contribution in [2.45, 2.75) is 3.93 Å². The monoisotopic (exact) mass is 242 g/mol. The molecule has 0 bridgehead atoms. The van der Waals surface area contributed by atoms with E-state index in [1.54, 1.807) is 3.93 Å². The molecule has 0 atom stereocenters. The minimum atomic E-state index is -0.113. The van der Waals surface area contributed by atoms with Crippen LogP contribution in [0.3, 0.4) is 0 Å². The summed E-state index contributed by atoms with van der Waals surface area (Å²) in [5, 5.41) is 0. The Balaban J connectivity index is 2.47. The van der Waals surface area contributed by atoms with Crippen molar-refractivity contribution in [1.82, 2.24) is 0 Å². The molecule has 0 unspecified atom stereocenters. The Morgan fingerprint density at radius 1 is 1.75 bits per heavy atom. The van der Waals surface area contributed by atoms with Crippen LogP contribution in [0, 0.1) is 0 Å². The van der Waals surface area contributed by atoms with Crippen molar-refractivity contribution in [3.63, 3.8) is 0 Å². The van der Waals surface area contributed by atoms with Crippen LogP contribution in [0.15, 0.2) is 9.66 Å². The van der Waals surface area contributed by atoms with E-state index >= 15 is 0 Å². The molecule has 0 N–H and O–H groups in total. The molecule has 4 heavy (non-hydrogen) atoms. The van der Waals surface area contributed by atoms with E-state index in [9.17, 15) is 0 Å². The van der Waals surface area contributed by atoms with Gasteiger partial charge in [-0.15, -0.1) is 0 Å². The molecule has 0 spiro atoms. The Morgan fingerprint density at radius 3 is 2.00 bits per heavy atom. The average molecular weight is 241 g/mol. The minimum absolute atomic E-state index is 0.113. The van der Waals surface area contributed by atoms with E-state index in [1.807, 2.05) is 0 Å². The molecule has 0 aromatic carbocycles. The Labute approximate surface area is 38.3 Å². The topological polar surface area (TPSA) is 0 Å². The number of allylic oxidation sites excluding steroid dienone is 1. The van der Waals surface area contributed by atoms with E-state index in [-0.39, 0.29) is 24.6 Å². The van der Waals surface area contributed by atoms with Gasteiger partial charge in [0.05, 0.1) is 0 Å². The second-order valence-electron chi connectivity index (χ2n) is 1.05. The van der Waals surface area contributed by atoms with E-state index in [0.717, 1.165) is 0 Å². The molecule has 0 nitrogen and oxygen atoms in total. The summed E-state index contributed by atoms with van der Waals surface area (Å²) in [6.45, 7) is 0. The normalized spacial score (nSPS) is 16.0. The van der Waals surface area contributed by atoms with Crippen LogP contribution < -0.4 is 0 Å². The summed E-state index contributed by atoms with van der Waals surface area (Å²) in [6, 6.07) is 0. The zero-order chi connectivity index (χ0) is 2.83. The van der Waals surface area contributed by atoms with Gasteiger partial charge in [-0.05, 0) is 0 Å². The van der Waals surface area contributed by atoms with Crippen LogP contribution in [-0.4, -0.2) is 0 Å². The molecule has 18 valence electrons. The molecule has 0 saturated carbocycles. The van der Waals surface area contributed by atoms with Crippen molar-refractivity contribution in [2.75, 3.05) is 0 Å². The van der Waals surface area contributed by atoms with Gasteiger partial charge in [0.25, 0.3) is 0 Å². The van der Waals surface area contributed by atoms with Gasteiger partial charge in [-0.2, -0.15) is 0 Å². The standard InChI is InChI=1S/C3H4.Hg/c1-3-2;/h1,3H,2H2;. The molecule has 0 aromatic heterocycles. The molecule has 0 aromatic rings. The number of hydrogen-bond donors (Lipinski definition) is 0. The third-order valence-corrected chi connectivity index (χ3v) is 5.85. The molecule has 0 amide bonds. The fourth-order valence-electron chi connectivity index (χ4n) is 0.167. The van der Waals surface area contributed by atoms with Crippen LogP contribution >= 0.6 is 0 Å². The molecule has 1 heteroatoms. The summed E-state index contributed by atoms with van der Waals surface area (Å²) in [5.74, 6) is 0. The third-order valence-electron chi connectivity index (χ3n) is 0.667. The van der Waals surface area contributed by atoms with E-state index in [4.69, 9.17) is 0 Å². The summed E-state index contributed by atoms with van der Waals surface area (Å²) < 4.78 is 3.94. The van der Waals surface area contributed by atoms with Gasteiger partial charge >= 0.3 is 38.2 Å². The van der Waals surface area contributed by atoms with Gasteiger partial charge in [0.15, 0.2) is 0 Å². The SMILES string of the molecule is C1=[CH][Hg][CH2]1. The van der Waals surface area contributed by atoms with Crippen LogP contribution in [0.2, 0.25) is 3.93 Å². The van der Waals surface area contributed by atoms with Crippen molar-refractivity contribution in [2.24, 2.45) is 0 Å². The van der Waals surface area contributed by atoms with E-state index < -0.39 is 0 Å². The van der Waals surface area contributed by atoms with Crippen LogP contribution in [0.1, 0.15) is 0 Å². The van der Waals surface area contributed by atoms with E-state index in [2.05, 4.69) is 9.66 Å². The molecular weight excluding hydrogens is 237 g/mol. The predicted molar refractivity (Wildman–Crippen MR) is 13.9 cm³/mol. The zero-order valence-corrected chi connectivity index (χ0v) is 8.07. The number of hydrogen-bond acceptors (Lipinski definition) is 0.